The van der Waals surface area contributed by atoms with E-state index in [1.807, 2.05) is 0 Å². The number of hydrogen-bond acceptors (Lipinski definition) is 2. The molecule has 0 saturated heterocycles. The Kier molecular flexibility index (Phi) is 3.27. The summed E-state index contributed by atoms with van der Waals surface area (Å²) >= 11 is 0. The lowest BCUT2D eigenvalue weighted by Gasteiger charge is -2.22. The number of aliphatic carboxylic acids is 1. The lowest BCUT2D eigenvalue weighted by molar-refractivity contribution is -0.136. The van der Waals surface area contributed by atoms with Gasteiger partial charge in [0.05, 0.1) is 18.0 Å². The Morgan fingerprint density at radius 2 is 2.38 bits per heavy atom. The molecule has 0 amide bonds. The predicted molar refractivity (Wildman–Crippen MR) is 74.5 cm³/mol. The molecule has 1 aliphatic rings. The van der Waals surface area contributed by atoms with Crippen LogP contribution in [0.5, 0.6) is 0 Å². The van der Waals surface area contributed by atoms with Crippen molar-refractivity contribution in [2.24, 2.45) is 5.11 Å². The molecule has 3 rings (SSSR count). The quantitative estimate of drug-likeness (QED) is 0.534. The number of halogens is 1. The average Bonchev–Trinajstić information content (AvgIpc) is 2.74. The highest BCUT2D eigenvalue weighted by Crippen LogP contribution is 2.33. The Hall–Kier alpha value is -2.53. The minimum absolute atomic E-state index is 0.130. The third kappa shape index (κ3) is 2.21. The maximum Gasteiger partial charge on any atom is 0.307 e. The Balaban J connectivity index is 2.23. The molecule has 1 aromatic heterocycles. The number of azide groups is 1. The van der Waals surface area contributed by atoms with Crippen molar-refractivity contribution in [3.63, 3.8) is 0 Å². The van der Waals surface area contributed by atoms with Crippen LogP contribution in [0.1, 0.15) is 17.7 Å². The van der Waals surface area contributed by atoms with E-state index < -0.39 is 5.97 Å². The van der Waals surface area contributed by atoms with Crippen LogP contribution in [0.2, 0.25) is 0 Å². The lowest BCUT2D eigenvalue weighted by Crippen LogP contribution is -2.23. The maximum absolute atomic E-state index is 14.2. The lowest BCUT2D eigenvalue weighted by atomic mass is 10.0. The number of benzene rings is 1. The summed E-state index contributed by atoms with van der Waals surface area (Å²) < 4.78 is 15.9. The molecule has 0 saturated carbocycles. The number of fused-ring (bicyclic) bond motifs is 3. The second-order valence-corrected chi connectivity index (χ2v) is 5.14. The Labute approximate surface area is 119 Å². The van der Waals surface area contributed by atoms with Crippen LogP contribution < -0.4 is 0 Å². The van der Waals surface area contributed by atoms with Gasteiger partial charge in [0.1, 0.15) is 5.82 Å². The van der Waals surface area contributed by atoms with E-state index in [4.69, 9.17) is 10.6 Å². The number of hydrogen-bond donors (Lipinski definition) is 1. The summed E-state index contributed by atoms with van der Waals surface area (Å²) in [6, 6.07) is 4.46. The number of para-hydroxylation sites is 1. The molecule has 2 heterocycles. The molecule has 1 N–H and O–H groups in total. The number of carboxylic acid groups (broad SMARTS) is 1. The molecule has 108 valence electrons. The summed E-state index contributed by atoms with van der Waals surface area (Å²) in [5.74, 6) is -1.32. The number of carbonyl (C=O) groups is 1. The highest BCUT2D eigenvalue weighted by Gasteiger charge is 2.26. The van der Waals surface area contributed by atoms with Gasteiger partial charge in [0.15, 0.2) is 0 Å². The van der Waals surface area contributed by atoms with E-state index in [-0.39, 0.29) is 18.3 Å². The van der Waals surface area contributed by atoms with Gasteiger partial charge < -0.3 is 9.67 Å². The van der Waals surface area contributed by atoms with E-state index in [1.54, 1.807) is 16.7 Å². The van der Waals surface area contributed by atoms with E-state index in [2.05, 4.69) is 10.0 Å². The number of rotatable bonds is 3. The molecule has 21 heavy (non-hydrogen) atoms. The second kappa shape index (κ2) is 5.10. The van der Waals surface area contributed by atoms with Crippen LogP contribution in [0.25, 0.3) is 21.3 Å². The van der Waals surface area contributed by atoms with Gasteiger partial charge in [-0.2, -0.15) is 0 Å². The Morgan fingerprint density at radius 1 is 1.57 bits per heavy atom. The van der Waals surface area contributed by atoms with Gasteiger partial charge in [-0.15, -0.1) is 0 Å². The minimum Gasteiger partial charge on any atom is -0.481 e. The van der Waals surface area contributed by atoms with Crippen LogP contribution in [-0.2, 0) is 24.2 Å². The first-order valence-electron chi connectivity index (χ1n) is 6.66. The maximum atomic E-state index is 14.2. The molecule has 0 bridgehead atoms. The van der Waals surface area contributed by atoms with Crippen molar-refractivity contribution in [3.8, 4) is 0 Å². The van der Waals surface area contributed by atoms with Gasteiger partial charge in [-0.1, -0.05) is 17.2 Å². The molecule has 1 unspecified atom stereocenters. The van der Waals surface area contributed by atoms with E-state index in [0.717, 1.165) is 5.69 Å². The summed E-state index contributed by atoms with van der Waals surface area (Å²) in [6.45, 7) is 0.385. The molecule has 1 aromatic carbocycles. The number of aromatic nitrogens is 1. The molecule has 0 spiro atoms. The summed E-state index contributed by atoms with van der Waals surface area (Å²) in [5, 5.41) is 13.4. The topological polar surface area (TPSA) is 91.0 Å². The van der Waals surface area contributed by atoms with Crippen molar-refractivity contribution in [1.82, 2.24) is 4.57 Å². The monoisotopic (exact) mass is 288 g/mol. The van der Waals surface area contributed by atoms with E-state index >= 15 is 0 Å². The van der Waals surface area contributed by atoms with Gasteiger partial charge in [-0.25, -0.2) is 4.39 Å². The van der Waals surface area contributed by atoms with Crippen LogP contribution >= 0.6 is 0 Å². The molecule has 0 aliphatic carbocycles. The predicted octanol–water partition coefficient (Wildman–Crippen LogP) is 3.03. The van der Waals surface area contributed by atoms with Crippen molar-refractivity contribution in [1.29, 1.82) is 0 Å². The minimum atomic E-state index is -0.938. The van der Waals surface area contributed by atoms with Crippen LogP contribution in [0.3, 0.4) is 0 Å². The first-order chi connectivity index (χ1) is 10.1. The van der Waals surface area contributed by atoms with Crippen molar-refractivity contribution < 1.29 is 14.3 Å². The SMILES string of the molecule is [N-]=[N+]=NC1CCc2c(CC(=O)O)c3cccc(F)c3n2C1. The molecule has 7 heteroatoms. The fraction of sp³-hybridized carbons (Fsp3) is 0.357. The molecular formula is C14H13FN4O2. The highest BCUT2D eigenvalue weighted by molar-refractivity contribution is 5.89. The fourth-order valence-corrected chi connectivity index (χ4v) is 3.09. The Morgan fingerprint density at radius 3 is 3.10 bits per heavy atom. The normalized spacial score (nSPS) is 17.3. The molecule has 1 aliphatic heterocycles. The Bertz CT molecular complexity index is 777. The van der Waals surface area contributed by atoms with Gasteiger partial charge in [0.2, 0.25) is 0 Å². The summed E-state index contributed by atoms with van der Waals surface area (Å²) in [6.07, 6.45) is 1.10. The van der Waals surface area contributed by atoms with E-state index in [0.29, 0.717) is 35.9 Å². The van der Waals surface area contributed by atoms with Crippen LogP contribution in [-0.4, -0.2) is 21.7 Å². The van der Waals surface area contributed by atoms with Crippen molar-refractivity contribution >= 4 is 16.9 Å². The largest absolute Gasteiger partial charge is 0.481 e. The van der Waals surface area contributed by atoms with Crippen LogP contribution in [0, 0.1) is 5.82 Å². The van der Waals surface area contributed by atoms with Crippen molar-refractivity contribution in [3.05, 3.63) is 45.7 Å². The van der Waals surface area contributed by atoms with E-state index in [9.17, 15) is 9.18 Å². The number of nitrogens with zero attached hydrogens (tertiary/aromatic N) is 4. The zero-order valence-corrected chi connectivity index (χ0v) is 11.2. The van der Waals surface area contributed by atoms with Gasteiger partial charge >= 0.3 is 5.97 Å². The second-order valence-electron chi connectivity index (χ2n) is 5.14. The van der Waals surface area contributed by atoms with Gasteiger partial charge in [0, 0.05) is 22.5 Å². The summed E-state index contributed by atoms with van der Waals surface area (Å²) in [5.41, 5.74) is 10.5. The first kappa shape index (κ1) is 13.5. The summed E-state index contributed by atoms with van der Waals surface area (Å²) in [7, 11) is 0. The van der Waals surface area contributed by atoms with E-state index in [1.165, 1.54) is 6.07 Å². The molecule has 1 atom stereocenters. The van der Waals surface area contributed by atoms with Crippen molar-refractivity contribution in [2.75, 3.05) is 0 Å². The molecule has 0 radical (unpaired) electrons. The van der Waals surface area contributed by atoms with Crippen molar-refractivity contribution in [2.45, 2.75) is 31.8 Å². The smallest absolute Gasteiger partial charge is 0.307 e. The van der Waals surface area contributed by atoms with Gasteiger partial charge in [0.25, 0.3) is 0 Å². The van der Waals surface area contributed by atoms with Crippen LogP contribution in [0.4, 0.5) is 4.39 Å². The third-order valence-corrected chi connectivity index (χ3v) is 3.91. The molecular weight excluding hydrogens is 275 g/mol. The summed E-state index contributed by atoms with van der Waals surface area (Å²) in [4.78, 5) is 13.9. The first-order valence-corrected chi connectivity index (χ1v) is 6.66. The standard InChI is InChI=1S/C14H13FN4O2/c15-11-3-1-2-9-10(6-13(20)21)12-5-4-8(17-18-16)7-19(12)14(9)11/h1-3,8H,4-7H2,(H,20,21). The van der Waals surface area contributed by atoms with Crippen LogP contribution in [0.15, 0.2) is 23.3 Å². The third-order valence-electron chi connectivity index (χ3n) is 3.91. The zero-order valence-electron chi connectivity index (χ0n) is 11.2. The van der Waals surface area contributed by atoms with Gasteiger partial charge in [-0.05, 0) is 30.0 Å². The fourth-order valence-electron chi connectivity index (χ4n) is 3.09. The zero-order chi connectivity index (χ0) is 15.0. The number of carboxylic acids is 1. The molecule has 6 nitrogen and oxygen atoms in total. The van der Waals surface area contributed by atoms with Gasteiger partial charge in [-0.3, -0.25) is 4.79 Å². The average molecular weight is 288 g/mol. The highest BCUT2D eigenvalue weighted by atomic mass is 19.1. The molecule has 0 fully saturated rings. The molecule has 2 aromatic rings.